The van der Waals surface area contributed by atoms with E-state index >= 15 is 0 Å². The molecular formula is C18H24N3O3-. The molecule has 5 rings (SSSR count). The maximum atomic E-state index is 13.1. The van der Waals surface area contributed by atoms with Gasteiger partial charge in [0.05, 0.1) is 22.7 Å². The van der Waals surface area contributed by atoms with Crippen LogP contribution in [-0.4, -0.2) is 47.0 Å². The zero-order chi connectivity index (χ0) is 17.1. The molecule has 4 fully saturated rings. The summed E-state index contributed by atoms with van der Waals surface area (Å²) in [7, 11) is 0. The van der Waals surface area contributed by atoms with Crippen molar-refractivity contribution in [2.75, 3.05) is 31.4 Å². The molecule has 0 atom stereocenters. The lowest BCUT2D eigenvalue weighted by Gasteiger charge is -2.66. The molecule has 1 aromatic carbocycles. The third-order valence-corrected chi connectivity index (χ3v) is 6.45. The molecule has 6 heteroatoms. The van der Waals surface area contributed by atoms with E-state index in [0.29, 0.717) is 5.78 Å². The van der Waals surface area contributed by atoms with Crippen LogP contribution in [0.15, 0.2) is 24.3 Å². The Balaban J connectivity index is 1.78. The number of hydrogen-bond donors (Lipinski definition) is 1. The number of hydrogen-bond acceptors (Lipinski definition) is 6. The molecular weight excluding hydrogens is 306 g/mol. The molecule has 0 saturated carbocycles. The Morgan fingerprint density at radius 3 is 2.08 bits per heavy atom. The summed E-state index contributed by atoms with van der Waals surface area (Å²) >= 11 is 0. The molecule has 4 aliphatic heterocycles. The first-order valence-corrected chi connectivity index (χ1v) is 8.74. The van der Waals surface area contributed by atoms with Gasteiger partial charge in [-0.25, -0.2) is 0 Å². The van der Waals surface area contributed by atoms with Crippen LogP contribution in [0.2, 0.25) is 0 Å². The highest BCUT2D eigenvalue weighted by Gasteiger charge is 2.64. The summed E-state index contributed by atoms with van der Waals surface area (Å²) in [4.78, 5) is 17.8. The third kappa shape index (κ3) is 1.94. The zero-order valence-corrected chi connectivity index (χ0v) is 14.2. The lowest BCUT2D eigenvalue weighted by Crippen LogP contribution is -2.76. The molecule has 4 bridgehead atoms. The monoisotopic (exact) mass is 330 g/mol. The van der Waals surface area contributed by atoms with Crippen LogP contribution in [0.5, 0.6) is 0 Å². The summed E-state index contributed by atoms with van der Waals surface area (Å²) in [6.07, 6.45) is 1.66. The summed E-state index contributed by atoms with van der Waals surface area (Å²) in [5, 5.41) is 21.0. The zero-order valence-electron chi connectivity index (χ0n) is 14.2. The molecule has 1 N–H and O–H groups in total. The van der Waals surface area contributed by atoms with Crippen LogP contribution >= 0.6 is 0 Å². The maximum Gasteiger partial charge on any atom is 0.150 e. The van der Waals surface area contributed by atoms with Gasteiger partial charge in [-0.1, -0.05) is 32.0 Å². The highest BCUT2D eigenvalue weighted by molar-refractivity contribution is 5.93. The van der Waals surface area contributed by atoms with Crippen LogP contribution in [0.1, 0.15) is 38.4 Å². The number of para-hydroxylation sites is 1. The highest BCUT2D eigenvalue weighted by atomic mass is 16.8. The molecule has 1 aromatic rings. The van der Waals surface area contributed by atoms with E-state index in [1.165, 1.54) is 0 Å². The van der Waals surface area contributed by atoms with Crippen LogP contribution < -0.4 is 5.23 Å². The van der Waals surface area contributed by atoms with Crippen molar-refractivity contribution in [3.8, 4) is 0 Å². The summed E-state index contributed by atoms with van der Waals surface area (Å²) in [6, 6.07) is 7.20. The number of nitrogens with zero attached hydrogens (tertiary/aromatic N) is 3. The predicted molar refractivity (Wildman–Crippen MR) is 90.4 cm³/mol. The number of anilines is 1. The van der Waals surface area contributed by atoms with E-state index in [1.54, 1.807) is 12.1 Å². The normalized spacial score (nSPS) is 40.2. The summed E-state index contributed by atoms with van der Waals surface area (Å²) in [6.45, 7) is 7.17. The van der Waals surface area contributed by atoms with Gasteiger partial charge in [-0.15, -0.1) is 0 Å². The lowest BCUT2D eigenvalue weighted by atomic mass is 9.58. The van der Waals surface area contributed by atoms with Gasteiger partial charge in [-0.05, 0) is 18.9 Å². The average molecular weight is 330 g/mol. The van der Waals surface area contributed by atoms with Gasteiger partial charge in [-0.3, -0.25) is 19.8 Å². The van der Waals surface area contributed by atoms with Crippen LogP contribution in [0.25, 0.3) is 0 Å². The fourth-order valence-corrected chi connectivity index (χ4v) is 5.24. The smallest absolute Gasteiger partial charge is 0.150 e. The summed E-state index contributed by atoms with van der Waals surface area (Å²) in [5.74, 6) is 0.437. The number of rotatable bonds is 4. The number of carbonyl (C=O) groups excluding carboxylic acids is 1. The van der Waals surface area contributed by atoms with Crippen molar-refractivity contribution in [2.24, 2.45) is 10.8 Å². The molecule has 4 aliphatic rings. The second kappa shape index (κ2) is 5.26. The van der Waals surface area contributed by atoms with Crippen LogP contribution in [-0.2, 0) is 4.79 Å². The first kappa shape index (κ1) is 16.0. The average Bonchev–Trinajstić information content (AvgIpc) is 2.58. The Hall–Kier alpha value is -1.47. The van der Waals surface area contributed by atoms with Crippen molar-refractivity contribution in [1.82, 2.24) is 9.80 Å². The van der Waals surface area contributed by atoms with Crippen molar-refractivity contribution < 1.29 is 10.0 Å². The Morgan fingerprint density at radius 1 is 1.12 bits per heavy atom. The Morgan fingerprint density at radius 2 is 1.62 bits per heavy atom. The van der Waals surface area contributed by atoms with Crippen LogP contribution in [0, 0.1) is 16.0 Å². The number of Topliss-reactive ketones (excluding diaryl/α,β-unsaturated/α-hetero) is 1. The Labute approximate surface area is 142 Å². The Kier molecular flexibility index (Phi) is 3.51. The SMILES string of the molecule is CCC12CN3CC(CC)(CN(C1)C3c1ccccc1N([O-])O)C2=O. The van der Waals surface area contributed by atoms with E-state index in [1.807, 2.05) is 12.1 Å². The number of piperidine rings is 2. The molecule has 4 heterocycles. The molecule has 0 unspecified atom stereocenters. The second-order valence-electron chi connectivity index (χ2n) is 7.61. The van der Waals surface area contributed by atoms with Gasteiger partial charge >= 0.3 is 0 Å². The maximum absolute atomic E-state index is 13.1. The molecule has 0 aliphatic carbocycles. The van der Waals surface area contributed by atoms with Gasteiger partial charge < -0.3 is 10.4 Å². The fourth-order valence-electron chi connectivity index (χ4n) is 5.24. The van der Waals surface area contributed by atoms with Gasteiger partial charge in [-0.2, -0.15) is 0 Å². The van der Waals surface area contributed by atoms with E-state index in [2.05, 4.69) is 23.6 Å². The molecule has 0 spiro atoms. The first-order chi connectivity index (χ1) is 11.5. The van der Waals surface area contributed by atoms with Gasteiger partial charge in [0.1, 0.15) is 5.78 Å². The first-order valence-electron chi connectivity index (χ1n) is 8.74. The minimum absolute atomic E-state index is 0.0427. The summed E-state index contributed by atoms with van der Waals surface area (Å²) in [5.41, 5.74) is 0.541. The van der Waals surface area contributed by atoms with Gasteiger partial charge in [0.2, 0.25) is 0 Å². The van der Waals surface area contributed by atoms with Crippen molar-refractivity contribution in [1.29, 1.82) is 0 Å². The minimum atomic E-state index is -0.283. The van der Waals surface area contributed by atoms with E-state index in [4.69, 9.17) is 0 Å². The van der Waals surface area contributed by atoms with Gasteiger partial charge in [0.25, 0.3) is 0 Å². The van der Waals surface area contributed by atoms with Crippen LogP contribution in [0.4, 0.5) is 5.69 Å². The second-order valence-corrected chi connectivity index (χ2v) is 7.61. The van der Waals surface area contributed by atoms with E-state index in [0.717, 1.165) is 44.6 Å². The standard InChI is InChI=1S/C18H24N3O3/c1-3-17-9-19-11-18(4-2,16(17)22)12-20(10-17)15(19)13-7-5-6-8-14(13)21(23)24/h5-8,15,23H,3-4,9-12H2,1-2H3/q-1. The van der Waals surface area contributed by atoms with Crippen molar-refractivity contribution >= 4 is 11.5 Å². The Bertz CT molecular complexity index is 633. The lowest BCUT2D eigenvalue weighted by molar-refractivity contribution is -0.204. The third-order valence-electron chi connectivity index (χ3n) is 6.45. The van der Waals surface area contributed by atoms with Crippen molar-refractivity contribution in [3.63, 3.8) is 0 Å². The van der Waals surface area contributed by atoms with E-state index < -0.39 is 0 Å². The van der Waals surface area contributed by atoms with Gasteiger partial charge in [0, 0.05) is 31.7 Å². The largest absolute Gasteiger partial charge is 0.733 e. The molecule has 6 nitrogen and oxygen atoms in total. The molecule has 0 aromatic heterocycles. The number of ketones is 1. The molecule has 0 radical (unpaired) electrons. The van der Waals surface area contributed by atoms with Gasteiger partial charge in [0.15, 0.2) is 0 Å². The molecule has 24 heavy (non-hydrogen) atoms. The number of benzene rings is 1. The van der Waals surface area contributed by atoms with Crippen molar-refractivity contribution in [2.45, 2.75) is 32.9 Å². The number of carbonyl (C=O) groups is 1. The quantitative estimate of drug-likeness (QED) is 0.855. The van der Waals surface area contributed by atoms with E-state index in [-0.39, 0.29) is 27.9 Å². The molecule has 4 saturated heterocycles. The van der Waals surface area contributed by atoms with Crippen LogP contribution in [0.3, 0.4) is 0 Å². The van der Waals surface area contributed by atoms with Crippen molar-refractivity contribution in [3.05, 3.63) is 35.0 Å². The fraction of sp³-hybridized carbons (Fsp3) is 0.611. The molecule has 0 amide bonds. The topological polar surface area (TPSA) is 70.1 Å². The summed E-state index contributed by atoms with van der Waals surface area (Å²) < 4.78 is 0. The highest BCUT2D eigenvalue weighted by Crippen LogP contribution is 2.55. The van der Waals surface area contributed by atoms with E-state index in [9.17, 15) is 15.2 Å². The minimum Gasteiger partial charge on any atom is -0.733 e. The predicted octanol–water partition coefficient (Wildman–Crippen LogP) is 2.39. The molecule has 130 valence electrons.